The van der Waals surface area contributed by atoms with Gasteiger partial charge in [-0.05, 0) is 56.3 Å². The van der Waals surface area contributed by atoms with Crippen molar-refractivity contribution in [3.05, 3.63) is 0 Å². The lowest BCUT2D eigenvalue weighted by Gasteiger charge is -2.36. The summed E-state index contributed by atoms with van der Waals surface area (Å²) in [6.45, 7) is 8.07. The van der Waals surface area contributed by atoms with Crippen molar-refractivity contribution in [1.29, 1.82) is 0 Å². The zero-order valence-electron chi connectivity index (χ0n) is 16.0. The maximum Gasteiger partial charge on any atom is 0.131 e. The lowest BCUT2D eigenvalue weighted by atomic mass is 9.70. The summed E-state index contributed by atoms with van der Waals surface area (Å²) in [4.78, 5) is 0. The van der Waals surface area contributed by atoms with E-state index in [0.29, 0.717) is 12.3 Å². The SMILES string of the molecule is CCCCC(CC(CC)CC(F)C(C)F)C1CCC(CC)CC1. The lowest BCUT2D eigenvalue weighted by molar-refractivity contribution is 0.121. The van der Waals surface area contributed by atoms with Gasteiger partial charge in [-0.25, -0.2) is 8.78 Å². The molecule has 0 amide bonds. The maximum absolute atomic E-state index is 13.8. The third-order valence-corrected chi connectivity index (χ3v) is 6.33. The van der Waals surface area contributed by atoms with Crippen LogP contribution in [0.3, 0.4) is 0 Å². The fraction of sp³-hybridized carbons (Fsp3) is 1.00. The molecule has 23 heavy (non-hydrogen) atoms. The van der Waals surface area contributed by atoms with Crippen LogP contribution in [0.15, 0.2) is 0 Å². The topological polar surface area (TPSA) is 0 Å². The molecule has 0 spiro atoms. The Balaban J connectivity index is 2.58. The van der Waals surface area contributed by atoms with Gasteiger partial charge in [-0.2, -0.15) is 0 Å². The summed E-state index contributed by atoms with van der Waals surface area (Å²) in [6, 6.07) is 0. The van der Waals surface area contributed by atoms with Crippen LogP contribution in [0.5, 0.6) is 0 Å². The van der Waals surface area contributed by atoms with Crippen LogP contribution in [0.25, 0.3) is 0 Å². The van der Waals surface area contributed by atoms with E-state index in [1.54, 1.807) is 0 Å². The second kappa shape index (κ2) is 11.4. The van der Waals surface area contributed by atoms with Crippen molar-refractivity contribution < 1.29 is 8.78 Å². The maximum atomic E-state index is 13.8. The first kappa shape index (κ1) is 20.9. The Kier molecular flexibility index (Phi) is 10.4. The van der Waals surface area contributed by atoms with Crippen LogP contribution in [-0.4, -0.2) is 12.3 Å². The normalized spacial score (nSPS) is 27.4. The van der Waals surface area contributed by atoms with Crippen molar-refractivity contribution >= 4 is 0 Å². The van der Waals surface area contributed by atoms with Gasteiger partial charge in [0.15, 0.2) is 0 Å². The standard InChI is InChI=1S/C21H40F2/c1-5-8-9-20(19-12-10-17(6-2)11-13-19)14-18(7-3)15-21(23)16(4)22/h16-21H,5-15H2,1-4H3. The van der Waals surface area contributed by atoms with Crippen molar-refractivity contribution in [2.75, 3.05) is 0 Å². The molecule has 0 N–H and O–H groups in total. The van der Waals surface area contributed by atoms with Crippen LogP contribution in [0.1, 0.15) is 98.3 Å². The Bertz CT molecular complexity index is 282. The summed E-state index contributed by atoms with van der Waals surface area (Å²) in [7, 11) is 0. The Morgan fingerprint density at radius 3 is 2.09 bits per heavy atom. The molecular formula is C21H40F2. The molecule has 0 saturated heterocycles. The fourth-order valence-electron chi connectivity index (χ4n) is 4.44. The molecule has 0 aromatic rings. The summed E-state index contributed by atoms with van der Waals surface area (Å²) < 4.78 is 27.0. The first-order chi connectivity index (χ1) is 11.0. The molecule has 0 aliphatic heterocycles. The third kappa shape index (κ3) is 7.52. The van der Waals surface area contributed by atoms with Crippen LogP contribution in [-0.2, 0) is 0 Å². The van der Waals surface area contributed by atoms with E-state index in [4.69, 9.17) is 0 Å². The largest absolute Gasteiger partial charge is 0.245 e. The predicted octanol–water partition coefficient (Wildman–Crippen LogP) is 7.51. The summed E-state index contributed by atoms with van der Waals surface area (Å²) >= 11 is 0. The van der Waals surface area contributed by atoms with Gasteiger partial charge in [0, 0.05) is 0 Å². The highest BCUT2D eigenvalue weighted by Crippen LogP contribution is 2.40. The molecule has 1 fully saturated rings. The Morgan fingerprint density at radius 2 is 1.61 bits per heavy atom. The van der Waals surface area contributed by atoms with Crippen molar-refractivity contribution in [3.63, 3.8) is 0 Å². The third-order valence-electron chi connectivity index (χ3n) is 6.33. The van der Waals surface area contributed by atoms with Crippen LogP contribution < -0.4 is 0 Å². The van der Waals surface area contributed by atoms with E-state index in [2.05, 4.69) is 20.8 Å². The monoisotopic (exact) mass is 330 g/mol. The van der Waals surface area contributed by atoms with Gasteiger partial charge in [0.05, 0.1) is 0 Å². The van der Waals surface area contributed by atoms with Gasteiger partial charge in [0.2, 0.25) is 0 Å². The molecule has 4 unspecified atom stereocenters. The van der Waals surface area contributed by atoms with E-state index in [1.807, 2.05) is 0 Å². The van der Waals surface area contributed by atoms with Gasteiger partial charge in [0.1, 0.15) is 12.3 Å². The number of alkyl halides is 2. The predicted molar refractivity (Wildman–Crippen MR) is 97.2 cm³/mol. The van der Waals surface area contributed by atoms with Crippen LogP contribution in [0.2, 0.25) is 0 Å². The van der Waals surface area contributed by atoms with Crippen molar-refractivity contribution in [2.45, 2.75) is 111 Å². The van der Waals surface area contributed by atoms with Crippen LogP contribution in [0.4, 0.5) is 8.78 Å². The molecule has 1 aliphatic carbocycles. The van der Waals surface area contributed by atoms with E-state index in [0.717, 1.165) is 30.6 Å². The van der Waals surface area contributed by atoms with Gasteiger partial charge in [-0.3, -0.25) is 0 Å². The van der Waals surface area contributed by atoms with Crippen molar-refractivity contribution in [2.24, 2.45) is 23.7 Å². The van der Waals surface area contributed by atoms with E-state index >= 15 is 0 Å². The average molecular weight is 331 g/mol. The molecule has 0 heterocycles. The number of hydrogen-bond donors (Lipinski definition) is 0. The Hall–Kier alpha value is -0.140. The first-order valence-electron chi connectivity index (χ1n) is 10.3. The molecule has 138 valence electrons. The van der Waals surface area contributed by atoms with Gasteiger partial charge in [-0.1, -0.05) is 65.7 Å². The second-order valence-electron chi connectivity index (χ2n) is 8.03. The van der Waals surface area contributed by atoms with Crippen molar-refractivity contribution in [1.82, 2.24) is 0 Å². The van der Waals surface area contributed by atoms with Crippen LogP contribution >= 0.6 is 0 Å². The highest BCUT2D eigenvalue weighted by molar-refractivity contribution is 4.80. The molecule has 0 nitrogen and oxygen atoms in total. The molecular weight excluding hydrogens is 290 g/mol. The smallest absolute Gasteiger partial charge is 0.131 e. The van der Waals surface area contributed by atoms with E-state index in [-0.39, 0.29) is 0 Å². The van der Waals surface area contributed by atoms with Gasteiger partial charge in [-0.15, -0.1) is 0 Å². The fourth-order valence-corrected chi connectivity index (χ4v) is 4.44. The first-order valence-corrected chi connectivity index (χ1v) is 10.3. The highest BCUT2D eigenvalue weighted by Gasteiger charge is 2.29. The molecule has 1 rings (SSSR count). The molecule has 4 atom stereocenters. The summed E-state index contributed by atoms with van der Waals surface area (Å²) in [5, 5.41) is 0. The number of hydrogen-bond acceptors (Lipinski definition) is 0. The Labute approximate surface area is 143 Å². The molecule has 1 saturated carbocycles. The highest BCUT2D eigenvalue weighted by atomic mass is 19.2. The second-order valence-corrected chi connectivity index (χ2v) is 8.03. The van der Waals surface area contributed by atoms with E-state index in [1.165, 1.54) is 58.3 Å². The minimum atomic E-state index is -1.32. The molecule has 0 aromatic carbocycles. The molecule has 2 heteroatoms. The average Bonchev–Trinajstić information content (AvgIpc) is 2.57. The number of unbranched alkanes of at least 4 members (excludes halogenated alkanes) is 1. The zero-order valence-corrected chi connectivity index (χ0v) is 16.0. The van der Waals surface area contributed by atoms with Crippen LogP contribution in [0, 0.1) is 23.7 Å². The minimum Gasteiger partial charge on any atom is -0.245 e. The molecule has 0 radical (unpaired) electrons. The Morgan fingerprint density at radius 1 is 0.957 bits per heavy atom. The quantitative estimate of drug-likeness (QED) is 0.367. The number of halogens is 2. The zero-order chi connectivity index (χ0) is 17.2. The van der Waals surface area contributed by atoms with E-state index < -0.39 is 12.3 Å². The lowest BCUT2D eigenvalue weighted by Crippen LogP contribution is -2.25. The van der Waals surface area contributed by atoms with Gasteiger partial charge < -0.3 is 0 Å². The minimum absolute atomic E-state index is 0.356. The van der Waals surface area contributed by atoms with E-state index in [9.17, 15) is 8.78 Å². The van der Waals surface area contributed by atoms with Gasteiger partial charge >= 0.3 is 0 Å². The molecule has 1 aliphatic rings. The number of rotatable bonds is 11. The summed E-state index contributed by atoms with van der Waals surface area (Å²) in [5.74, 6) is 2.86. The molecule has 0 aromatic heterocycles. The summed E-state index contributed by atoms with van der Waals surface area (Å²) in [6.07, 6.45) is 10.6. The van der Waals surface area contributed by atoms with Crippen molar-refractivity contribution in [3.8, 4) is 0 Å². The summed E-state index contributed by atoms with van der Waals surface area (Å²) in [5.41, 5.74) is 0. The molecule has 0 bridgehead atoms. The van der Waals surface area contributed by atoms with Gasteiger partial charge in [0.25, 0.3) is 0 Å².